The van der Waals surface area contributed by atoms with Crippen LogP contribution < -0.4 is 16.2 Å². The summed E-state index contributed by atoms with van der Waals surface area (Å²) in [5.41, 5.74) is 13.1. The van der Waals surface area contributed by atoms with Crippen LogP contribution in [-0.4, -0.2) is 18.7 Å². The summed E-state index contributed by atoms with van der Waals surface area (Å²) in [5.74, 6) is 0.00165. The number of benzene rings is 1. The topological polar surface area (TPSA) is 87.6 Å². The Balaban J connectivity index is 2.29. The van der Waals surface area contributed by atoms with E-state index in [1.165, 1.54) is 0 Å². The van der Waals surface area contributed by atoms with E-state index in [1.807, 2.05) is 0 Å². The molecule has 4 N–H and O–H groups in total. The first-order chi connectivity index (χ1) is 8.13. The zero-order valence-electron chi connectivity index (χ0n) is 9.47. The van der Waals surface area contributed by atoms with Crippen LogP contribution in [0.1, 0.15) is 12.5 Å². The Labute approximate surface area is 99.0 Å². The van der Waals surface area contributed by atoms with Crippen LogP contribution in [0.2, 0.25) is 0 Å². The molecule has 0 amide bonds. The van der Waals surface area contributed by atoms with Crippen LogP contribution >= 0.6 is 0 Å². The lowest BCUT2D eigenvalue weighted by Crippen LogP contribution is -2.29. The number of carbonyl (C=O) groups excluding carboxylic acids is 1. The number of ether oxygens (including phenoxy) is 2. The summed E-state index contributed by atoms with van der Waals surface area (Å²) in [5, 5.41) is 0. The van der Waals surface area contributed by atoms with Crippen molar-refractivity contribution in [2.75, 3.05) is 18.1 Å². The van der Waals surface area contributed by atoms with E-state index in [2.05, 4.69) is 0 Å². The molecular weight excluding hydrogens is 220 g/mol. The van der Waals surface area contributed by atoms with Crippen LogP contribution in [0.3, 0.4) is 0 Å². The molecule has 0 saturated heterocycles. The van der Waals surface area contributed by atoms with Crippen molar-refractivity contribution in [1.29, 1.82) is 0 Å². The zero-order chi connectivity index (χ0) is 12.4. The molecule has 0 aromatic heterocycles. The molecule has 1 unspecified atom stereocenters. The minimum Gasteiger partial charge on any atom is -0.472 e. The van der Waals surface area contributed by atoms with Gasteiger partial charge < -0.3 is 20.9 Å². The lowest BCUT2D eigenvalue weighted by Gasteiger charge is -2.21. The number of esters is 1. The van der Waals surface area contributed by atoms with Gasteiger partial charge in [-0.25, -0.2) is 4.79 Å². The lowest BCUT2D eigenvalue weighted by molar-refractivity contribution is -0.149. The molecule has 0 radical (unpaired) electrons. The highest BCUT2D eigenvalue weighted by atomic mass is 16.6. The van der Waals surface area contributed by atoms with E-state index in [4.69, 9.17) is 20.9 Å². The summed E-state index contributed by atoms with van der Waals surface area (Å²) in [6.45, 7) is 2.05. The molecule has 1 aliphatic heterocycles. The molecular formula is C12H14N2O3. The summed E-state index contributed by atoms with van der Waals surface area (Å²) in [7, 11) is 0. The molecule has 2 rings (SSSR count). The minimum atomic E-state index is -0.758. The first-order valence-corrected chi connectivity index (χ1v) is 5.33. The van der Waals surface area contributed by atoms with E-state index in [0.717, 1.165) is 5.56 Å². The molecule has 17 heavy (non-hydrogen) atoms. The van der Waals surface area contributed by atoms with E-state index >= 15 is 0 Å². The number of nitrogen functional groups attached to an aromatic ring is 2. The zero-order valence-corrected chi connectivity index (χ0v) is 9.47. The number of rotatable bonds is 2. The fraction of sp³-hybridized carbons (Fsp3) is 0.250. The van der Waals surface area contributed by atoms with Crippen molar-refractivity contribution in [3.8, 4) is 5.75 Å². The average Bonchev–Trinajstić information content (AvgIpc) is 2.34. The van der Waals surface area contributed by atoms with Gasteiger partial charge in [-0.15, -0.1) is 0 Å². The Morgan fingerprint density at radius 1 is 1.47 bits per heavy atom. The number of nitrogens with two attached hydrogens (primary N) is 2. The molecule has 1 aliphatic rings. The summed E-state index contributed by atoms with van der Waals surface area (Å²) in [6.07, 6.45) is 2.65. The van der Waals surface area contributed by atoms with Gasteiger partial charge in [0.15, 0.2) is 5.75 Å². The van der Waals surface area contributed by atoms with E-state index in [0.29, 0.717) is 23.7 Å². The van der Waals surface area contributed by atoms with Gasteiger partial charge in [-0.2, -0.15) is 0 Å². The standard InChI is InChI=1S/C12H14N2O3/c1-2-16-12(15)9-6-4-7-3-5-8(13)10(14)11(7)17-9/h3-6,9H,2,13-14H2,1H3. The number of fused-ring (bicyclic) bond motifs is 1. The quantitative estimate of drug-likeness (QED) is 0.592. The third-order valence-electron chi connectivity index (χ3n) is 2.47. The third kappa shape index (κ3) is 2.04. The smallest absolute Gasteiger partial charge is 0.351 e. The van der Waals surface area contributed by atoms with Crippen LogP contribution in [-0.2, 0) is 9.53 Å². The van der Waals surface area contributed by atoms with E-state index in [1.54, 1.807) is 31.2 Å². The van der Waals surface area contributed by atoms with Gasteiger partial charge in [0.25, 0.3) is 0 Å². The third-order valence-corrected chi connectivity index (χ3v) is 2.47. The molecule has 1 aromatic rings. The number of hydrogen-bond donors (Lipinski definition) is 2. The molecule has 1 aromatic carbocycles. The molecule has 0 saturated carbocycles. The van der Waals surface area contributed by atoms with Gasteiger partial charge in [0.05, 0.1) is 18.0 Å². The summed E-state index contributed by atoms with van der Waals surface area (Å²) >= 11 is 0. The van der Waals surface area contributed by atoms with Crippen LogP contribution in [0.25, 0.3) is 6.08 Å². The Hall–Kier alpha value is -2.17. The van der Waals surface area contributed by atoms with Gasteiger partial charge in [0.1, 0.15) is 0 Å². The molecule has 1 heterocycles. The Morgan fingerprint density at radius 2 is 2.24 bits per heavy atom. The Morgan fingerprint density at radius 3 is 2.94 bits per heavy atom. The highest BCUT2D eigenvalue weighted by Crippen LogP contribution is 2.36. The normalized spacial score (nSPS) is 17.1. The maximum Gasteiger partial charge on any atom is 0.351 e. The predicted octanol–water partition coefficient (Wildman–Crippen LogP) is 1.19. The minimum absolute atomic E-state index is 0.311. The van der Waals surface area contributed by atoms with Crippen molar-refractivity contribution in [2.45, 2.75) is 13.0 Å². The van der Waals surface area contributed by atoms with Gasteiger partial charge in [0.2, 0.25) is 6.10 Å². The van der Waals surface area contributed by atoms with E-state index < -0.39 is 12.1 Å². The average molecular weight is 234 g/mol. The SMILES string of the molecule is CCOC(=O)C1C=Cc2ccc(N)c(N)c2O1. The Bertz CT molecular complexity index is 483. The van der Waals surface area contributed by atoms with Crippen LogP contribution in [0, 0.1) is 0 Å². The predicted molar refractivity (Wildman–Crippen MR) is 65.3 cm³/mol. The van der Waals surface area contributed by atoms with Crippen molar-refractivity contribution in [3.63, 3.8) is 0 Å². The van der Waals surface area contributed by atoms with Crippen LogP contribution in [0.5, 0.6) is 5.75 Å². The number of anilines is 2. The van der Waals surface area contributed by atoms with Crippen molar-refractivity contribution in [1.82, 2.24) is 0 Å². The second kappa shape index (κ2) is 4.37. The molecule has 5 nitrogen and oxygen atoms in total. The fourth-order valence-corrected chi connectivity index (χ4v) is 1.60. The van der Waals surface area contributed by atoms with Crippen LogP contribution in [0.15, 0.2) is 18.2 Å². The van der Waals surface area contributed by atoms with E-state index in [-0.39, 0.29) is 0 Å². The number of carbonyl (C=O) groups is 1. The second-order valence-corrected chi connectivity index (χ2v) is 3.64. The summed E-state index contributed by atoms with van der Waals surface area (Å²) in [4.78, 5) is 11.5. The molecule has 5 heteroatoms. The maximum atomic E-state index is 11.5. The molecule has 0 bridgehead atoms. The van der Waals surface area contributed by atoms with E-state index in [9.17, 15) is 4.79 Å². The van der Waals surface area contributed by atoms with Gasteiger partial charge in [-0.3, -0.25) is 0 Å². The Kier molecular flexibility index (Phi) is 2.91. The first kappa shape index (κ1) is 11.3. The summed E-state index contributed by atoms with van der Waals surface area (Å²) in [6, 6.07) is 3.49. The molecule has 0 fully saturated rings. The van der Waals surface area contributed by atoms with Crippen molar-refractivity contribution < 1.29 is 14.3 Å². The van der Waals surface area contributed by atoms with Crippen molar-refractivity contribution >= 4 is 23.4 Å². The number of hydrogen-bond acceptors (Lipinski definition) is 5. The van der Waals surface area contributed by atoms with Gasteiger partial charge in [-0.1, -0.05) is 6.08 Å². The van der Waals surface area contributed by atoms with Crippen molar-refractivity contribution in [2.24, 2.45) is 0 Å². The lowest BCUT2D eigenvalue weighted by atomic mass is 10.1. The highest BCUT2D eigenvalue weighted by Gasteiger charge is 2.24. The van der Waals surface area contributed by atoms with Gasteiger partial charge in [0, 0.05) is 5.56 Å². The second-order valence-electron chi connectivity index (χ2n) is 3.64. The molecule has 0 aliphatic carbocycles. The fourth-order valence-electron chi connectivity index (χ4n) is 1.60. The highest BCUT2D eigenvalue weighted by molar-refractivity contribution is 5.84. The van der Waals surface area contributed by atoms with Crippen LogP contribution in [0.4, 0.5) is 11.4 Å². The molecule has 1 atom stereocenters. The molecule has 90 valence electrons. The molecule has 0 spiro atoms. The van der Waals surface area contributed by atoms with Gasteiger partial charge in [-0.05, 0) is 25.1 Å². The van der Waals surface area contributed by atoms with Gasteiger partial charge >= 0.3 is 5.97 Å². The first-order valence-electron chi connectivity index (χ1n) is 5.33. The van der Waals surface area contributed by atoms with Crippen molar-refractivity contribution in [3.05, 3.63) is 23.8 Å². The monoisotopic (exact) mass is 234 g/mol. The largest absolute Gasteiger partial charge is 0.472 e. The maximum absolute atomic E-state index is 11.5. The summed E-state index contributed by atoms with van der Waals surface area (Å²) < 4.78 is 10.4.